The number of benzene rings is 4. The van der Waals surface area contributed by atoms with E-state index < -0.39 is 5.63 Å². The van der Waals surface area contributed by atoms with E-state index in [4.69, 9.17) is 8.83 Å². The molecule has 2 aromatic heterocycles. The Kier molecular flexibility index (Phi) is 5.85. The summed E-state index contributed by atoms with van der Waals surface area (Å²) in [6.45, 7) is 4.28. The normalized spacial score (nSPS) is 11.3. The molecule has 0 aliphatic heterocycles. The fourth-order valence-corrected chi connectivity index (χ4v) is 4.45. The van der Waals surface area contributed by atoms with Crippen molar-refractivity contribution < 1.29 is 13.6 Å². The largest absolute Gasteiger partial charge is 0.436 e. The topological polar surface area (TPSA) is 85.3 Å². The van der Waals surface area contributed by atoms with Crippen molar-refractivity contribution in [3.8, 4) is 22.6 Å². The molecule has 0 aliphatic carbocycles. The number of carbonyl (C=O) groups is 1. The highest BCUT2D eigenvalue weighted by molar-refractivity contribution is 6.05. The van der Waals surface area contributed by atoms with Crippen LogP contribution in [0.3, 0.4) is 0 Å². The summed E-state index contributed by atoms with van der Waals surface area (Å²) in [7, 11) is 0. The number of anilines is 1. The fourth-order valence-electron chi connectivity index (χ4n) is 4.45. The average molecular weight is 501 g/mol. The van der Waals surface area contributed by atoms with Crippen molar-refractivity contribution in [3.05, 3.63) is 119 Å². The van der Waals surface area contributed by atoms with Crippen molar-refractivity contribution in [2.75, 3.05) is 5.32 Å². The second-order valence-corrected chi connectivity index (χ2v) is 9.50. The lowest BCUT2D eigenvalue weighted by Gasteiger charge is -2.08. The van der Waals surface area contributed by atoms with Crippen LogP contribution in [-0.2, 0) is 0 Å². The van der Waals surface area contributed by atoms with Gasteiger partial charge in [0.25, 0.3) is 5.91 Å². The number of carbonyl (C=O) groups excluding carboxylic acids is 1. The maximum absolute atomic E-state index is 13.1. The number of nitrogens with zero attached hydrogens (tertiary/aromatic N) is 1. The van der Waals surface area contributed by atoms with Gasteiger partial charge in [0.1, 0.15) is 11.1 Å². The van der Waals surface area contributed by atoms with Gasteiger partial charge in [-0.1, -0.05) is 56.3 Å². The average Bonchev–Trinajstić information content (AvgIpc) is 3.36. The van der Waals surface area contributed by atoms with Crippen LogP contribution in [0.2, 0.25) is 0 Å². The van der Waals surface area contributed by atoms with E-state index in [9.17, 15) is 9.59 Å². The second-order valence-electron chi connectivity index (χ2n) is 9.50. The van der Waals surface area contributed by atoms with Crippen LogP contribution in [-0.4, -0.2) is 10.9 Å². The van der Waals surface area contributed by atoms with Gasteiger partial charge in [-0.2, -0.15) is 0 Å². The zero-order valence-corrected chi connectivity index (χ0v) is 20.9. The molecule has 1 amide bonds. The minimum Gasteiger partial charge on any atom is -0.436 e. The molecule has 6 nitrogen and oxygen atoms in total. The molecule has 1 N–H and O–H groups in total. The summed E-state index contributed by atoms with van der Waals surface area (Å²) in [5.41, 5.74) is 5.58. The van der Waals surface area contributed by atoms with Crippen molar-refractivity contribution in [1.82, 2.24) is 4.98 Å². The first-order valence-corrected chi connectivity index (χ1v) is 12.4. The monoisotopic (exact) mass is 500 g/mol. The lowest BCUT2D eigenvalue weighted by molar-refractivity contribution is 0.102. The van der Waals surface area contributed by atoms with E-state index in [0.29, 0.717) is 45.4 Å². The first kappa shape index (κ1) is 23.4. The minimum atomic E-state index is -0.451. The van der Waals surface area contributed by atoms with Crippen LogP contribution in [0.4, 0.5) is 5.69 Å². The van der Waals surface area contributed by atoms with Gasteiger partial charge in [0, 0.05) is 22.2 Å². The molecule has 0 atom stereocenters. The molecule has 4 aromatic carbocycles. The highest BCUT2D eigenvalue weighted by Crippen LogP contribution is 2.29. The lowest BCUT2D eigenvalue weighted by Crippen LogP contribution is -2.12. The number of rotatable bonds is 5. The van der Waals surface area contributed by atoms with Crippen LogP contribution in [0, 0.1) is 0 Å². The third-order valence-electron chi connectivity index (χ3n) is 6.52. The van der Waals surface area contributed by atoms with Crippen LogP contribution in [0.25, 0.3) is 44.7 Å². The minimum absolute atomic E-state index is 0.298. The second kappa shape index (κ2) is 9.48. The van der Waals surface area contributed by atoms with E-state index in [2.05, 4.69) is 30.2 Å². The molecule has 6 aromatic rings. The number of hydrogen-bond acceptors (Lipinski definition) is 5. The van der Waals surface area contributed by atoms with E-state index >= 15 is 0 Å². The van der Waals surface area contributed by atoms with Crippen LogP contribution >= 0.6 is 0 Å². The molecule has 2 heterocycles. The first-order chi connectivity index (χ1) is 18.4. The predicted molar refractivity (Wildman–Crippen MR) is 149 cm³/mol. The first-order valence-electron chi connectivity index (χ1n) is 12.4. The fraction of sp³-hybridized carbons (Fsp3) is 0.0938. The van der Waals surface area contributed by atoms with Gasteiger partial charge in [0.05, 0.1) is 5.56 Å². The molecule has 0 aliphatic rings. The quantitative estimate of drug-likeness (QED) is 0.246. The van der Waals surface area contributed by atoms with Crippen molar-refractivity contribution >= 4 is 33.7 Å². The van der Waals surface area contributed by atoms with Crippen LogP contribution in [0.5, 0.6) is 0 Å². The molecular formula is C32H24N2O4. The van der Waals surface area contributed by atoms with Gasteiger partial charge in [0.15, 0.2) is 5.58 Å². The van der Waals surface area contributed by atoms with Gasteiger partial charge in [0.2, 0.25) is 5.89 Å². The molecular weight excluding hydrogens is 476 g/mol. The number of aromatic nitrogens is 1. The highest BCUT2D eigenvalue weighted by Gasteiger charge is 2.14. The van der Waals surface area contributed by atoms with Crippen molar-refractivity contribution in [2.45, 2.75) is 19.8 Å². The number of hydrogen-bond donors (Lipinski definition) is 1. The van der Waals surface area contributed by atoms with Gasteiger partial charge in [-0.3, -0.25) is 4.79 Å². The van der Waals surface area contributed by atoms with E-state index in [1.54, 1.807) is 36.4 Å². The summed E-state index contributed by atoms with van der Waals surface area (Å²) in [4.78, 5) is 30.4. The number of fused-ring (bicyclic) bond motifs is 2. The molecule has 0 fully saturated rings. The van der Waals surface area contributed by atoms with Gasteiger partial charge < -0.3 is 14.2 Å². The number of amides is 1. The van der Waals surface area contributed by atoms with E-state index in [1.165, 1.54) is 5.56 Å². The van der Waals surface area contributed by atoms with Gasteiger partial charge in [-0.15, -0.1) is 0 Å². The Morgan fingerprint density at radius 2 is 1.61 bits per heavy atom. The van der Waals surface area contributed by atoms with Gasteiger partial charge in [-0.05, 0) is 71.6 Å². The molecule has 6 rings (SSSR count). The Morgan fingerprint density at radius 3 is 2.47 bits per heavy atom. The van der Waals surface area contributed by atoms with E-state index in [0.717, 1.165) is 16.5 Å². The number of oxazole rings is 1. The summed E-state index contributed by atoms with van der Waals surface area (Å²) in [5, 5.41) is 3.75. The van der Waals surface area contributed by atoms with Crippen molar-refractivity contribution in [1.29, 1.82) is 0 Å². The van der Waals surface area contributed by atoms with E-state index in [-0.39, 0.29) is 5.91 Å². The van der Waals surface area contributed by atoms with Crippen LogP contribution in [0.15, 0.2) is 111 Å². The predicted octanol–water partition coefficient (Wildman–Crippen LogP) is 7.64. The summed E-state index contributed by atoms with van der Waals surface area (Å²) < 4.78 is 11.4. The number of para-hydroxylation sites is 1. The molecule has 0 spiro atoms. The zero-order valence-electron chi connectivity index (χ0n) is 20.9. The third kappa shape index (κ3) is 4.48. The molecule has 0 bridgehead atoms. The summed E-state index contributed by atoms with van der Waals surface area (Å²) in [6, 6.07) is 29.5. The maximum atomic E-state index is 13.1. The molecule has 186 valence electrons. The van der Waals surface area contributed by atoms with Crippen LogP contribution in [0.1, 0.15) is 35.7 Å². The number of nitrogens with one attached hydrogen (secondary N) is 1. The SMILES string of the molecule is CC(C)c1ccc2oc(-c3cccc(NC(=O)c4cccc(-c5cc6ccccc6oc5=O)c4)c3)nc2c1. The molecule has 38 heavy (non-hydrogen) atoms. The van der Waals surface area contributed by atoms with Crippen LogP contribution < -0.4 is 10.9 Å². The van der Waals surface area contributed by atoms with Gasteiger partial charge in [-0.25, -0.2) is 9.78 Å². The third-order valence-corrected chi connectivity index (χ3v) is 6.52. The maximum Gasteiger partial charge on any atom is 0.344 e. The summed E-state index contributed by atoms with van der Waals surface area (Å²) >= 11 is 0. The zero-order chi connectivity index (χ0) is 26.2. The summed E-state index contributed by atoms with van der Waals surface area (Å²) in [5.74, 6) is 0.586. The van der Waals surface area contributed by atoms with Crippen molar-refractivity contribution in [3.63, 3.8) is 0 Å². The standard InChI is InChI=1S/C32H24N2O4/c1-19(2)20-13-14-29-27(18-20)34-31(37-29)24-10-6-11-25(16-24)33-30(35)23-9-5-8-21(15-23)26-17-22-7-3-4-12-28(22)38-32(26)36/h3-19H,1-2H3,(H,33,35). The van der Waals surface area contributed by atoms with E-state index in [1.807, 2.05) is 54.6 Å². The Hall–Kier alpha value is -4.97. The molecule has 0 saturated heterocycles. The summed E-state index contributed by atoms with van der Waals surface area (Å²) in [6.07, 6.45) is 0. The molecule has 0 unspecified atom stereocenters. The Morgan fingerprint density at radius 1 is 0.789 bits per heavy atom. The van der Waals surface area contributed by atoms with Gasteiger partial charge >= 0.3 is 5.63 Å². The lowest BCUT2D eigenvalue weighted by atomic mass is 10.0. The molecule has 6 heteroatoms. The van der Waals surface area contributed by atoms with Crippen molar-refractivity contribution in [2.24, 2.45) is 0 Å². The Bertz CT molecular complexity index is 1880. The Balaban J connectivity index is 1.27. The Labute approximate surface area is 218 Å². The smallest absolute Gasteiger partial charge is 0.344 e. The molecule has 0 saturated carbocycles. The highest BCUT2D eigenvalue weighted by atomic mass is 16.4. The molecule has 0 radical (unpaired) electrons.